The summed E-state index contributed by atoms with van der Waals surface area (Å²) in [6.45, 7) is 8.46. The van der Waals surface area contributed by atoms with Gasteiger partial charge in [0.15, 0.2) is 5.43 Å². The fourth-order valence-corrected chi connectivity index (χ4v) is 3.51. The SMILES string of the molecule is CCOC(=O)c1cn2c(cc1=O)-c1cc(OC)ccc1CC2C(C)(C)C. The molecule has 0 spiro atoms. The monoisotopic (exact) mass is 355 g/mol. The molecule has 1 aliphatic rings. The average molecular weight is 355 g/mol. The molecule has 0 N–H and O–H groups in total. The fraction of sp³-hybridized carbons (Fsp3) is 0.429. The van der Waals surface area contributed by atoms with Crippen LogP contribution in [-0.4, -0.2) is 24.3 Å². The molecule has 5 nitrogen and oxygen atoms in total. The van der Waals surface area contributed by atoms with Gasteiger partial charge < -0.3 is 14.0 Å². The van der Waals surface area contributed by atoms with Gasteiger partial charge >= 0.3 is 5.97 Å². The maximum atomic E-state index is 12.6. The molecule has 2 aromatic rings. The molecule has 0 radical (unpaired) electrons. The lowest BCUT2D eigenvalue weighted by Gasteiger charge is -2.39. The number of hydrogen-bond acceptors (Lipinski definition) is 4. The van der Waals surface area contributed by atoms with Crippen LogP contribution in [-0.2, 0) is 11.2 Å². The van der Waals surface area contributed by atoms with Crippen LogP contribution in [0.5, 0.6) is 5.75 Å². The Kier molecular flexibility index (Phi) is 4.65. The van der Waals surface area contributed by atoms with Gasteiger partial charge in [0, 0.05) is 23.9 Å². The molecule has 0 fully saturated rings. The van der Waals surface area contributed by atoms with Crippen LogP contribution in [0.1, 0.15) is 49.7 Å². The van der Waals surface area contributed by atoms with E-state index in [0.717, 1.165) is 23.4 Å². The quantitative estimate of drug-likeness (QED) is 0.785. The van der Waals surface area contributed by atoms with E-state index in [-0.39, 0.29) is 29.1 Å². The summed E-state index contributed by atoms with van der Waals surface area (Å²) in [7, 11) is 1.62. The third kappa shape index (κ3) is 3.14. The normalized spacial score (nSPS) is 15.8. The average Bonchev–Trinajstić information content (AvgIpc) is 2.59. The van der Waals surface area contributed by atoms with Crippen molar-refractivity contribution in [3.63, 3.8) is 0 Å². The molecule has 138 valence electrons. The van der Waals surface area contributed by atoms with Crippen LogP contribution in [0.15, 0.2) is 35.3 Å². The van der Waals surface area contributed by atoms with Crippen LogP contribution in [0, 0.1) is 5.41 Å². The molecule has 0 bridgehead atoms. The van der Waals surface area contributed by atoms with E-state index in [1.54, 1.807) is 26.3 Å². The number of esters is 1. The maximum Gasteiger partial charge on any atom is 0.343 e. The number of nitrogens with zero attached hydrogens (tertiary/aromatic N) is 1. The summed E-state index contributed by atoms with van der Waals surface area (Å²) in [6, 6.07) is 7.61. The van der Waals surface area contributed by atoms with E-state index in [1.807, 2.05) is 12.1 Å². The molecule has 0 amide bonds. The van der Waals surface area contributed by atoms with Crippen molar-refractivity contribution in [1.82, 2.24) is 4.57 Å². The highest BCUT2D eigenvalue weighted by Gasteiger charge is 2.33. The second-order valence-corrected chi connectivity index (χ2v) is 7.67. The summed E-state index contributed by atoms with van der Waals surface area (Å²) in [4.78, 5) is 24.8. The largest absolute Gasteiger partial charge is 0.497 e. The number of aromatic nitrogens is 1. The number of benzene rings is 1. The van der Waals surface area contributed by atoms with Gasteiger partial charge in [-0.25, -0.2) is 4.79 Å². The number of methoxy groups -OCH3 is 1. The summed E-state index contributed by atoms with van der Waals surface area (Å²) in [6.07, 6.45) is 2.48. The van der Waals surface area contributed by atoms with Crippen molar-refractivity contribution < 1.29 is 14.3 Å². The van der Waals surface area contributed by atoms with E-state index in [4.69, 9.17) is 9.47 Å². The van der Waals surface area contributed by atoms with Crippen LogP contribution in [0.25, 0.3) is 11.3 Å². The number of fused-ring (bicyclic) bond motifs is 3. The van der Waals surface area contributed by atoms with Crippen LogP contribution >= 0.6 is 0 Å². The van der Waals surface area contributed by atoms with Gasteiger partial charge in [-0.15, -0.1) is 0 Å². The number of pyridine rings is 1. The Hall–Kier alpha value is -2.56. The number of rotatable bonds is 3. The van der Waals surface area contributed by atoms with Crippen LogP contribution in [0.4, 0.5) is 0 Å². The predicted octanol–water partition coefficient (Wildman–Crippen LogP) is 3.84. The Morgan fingerprint density at radius 1 is 1.27 bits per heavy atom. The van der Waals surface area contributed by atoms with Crippen LogP contribution in [0.3, 0.4) is 0 Å². The number of ether oxygens (including phenoxy) is 2. The van der Waals surface area contributed by atoms with E-state index in [9.17, 15) is 9.59 Å². The molecule has 1 unspecified atom stereocenters. The number of hydrogen-bond donors (Lipinski definition) is 0. The molecular weight excluding hydrogens is 330 g/mol. The molecular formula is C21H25NO4. The Morgan fingerprint density at radius 3 is 2.62 bits per heavy atom. The second-order valence-electron chi connectivity index (χ2n) is 7.67. The zero-order valence-corrected chi connectivity index (χ0v) is 16.0. The molecule has 1 atom stereocenters. The number of carbonyl (C=O) groups excluding carboxylic acids is 1. The van der Waals surface area contributed by atoms with Crippen LogP contribution < -0.4 is 10.2 Å². The summed E-state index contributed by atoms with van der Waals surface area (Å²) >= 11 is 0. The first-order chi connectivity index (χ1) is 12.3. The molecule has 0 aliphatic carbocycles. The number of carbonyl (C=O) groups is 1. The molecule has 0 saturated carbocycles. The summed E-state index contributed by atoms with van der Waals surface area (Å²) in [5, 5.41) is 0. The highest BCUT2D eigenvalue weighted by Crippen LogP contribution is 2.43. The van der Waals surface area contributed by atoms with Gasteiger partial charge in [-0.1, -0.05) is 26.8 Å². The second kappa shape index (κ2) is 6.63. The topological polar surface area (TPSA) is 57.5 Å². The minimum atomic E-state index is -0.572. The Bertz CT molecular complexity index is 905. The Labute approximate surface area is 153 Å². The highest BCUT2D eigenvalue weighted by atomic mass is 16.5. The van der Waals surface area contributed by atoms with Crippen molar-refractivity contribution in [2.24, 2.45) is 5.41 Å². The van der Waals surface area contributed by atoms with Gasteiger partial charge in [0.25, 0.3) is 0 Å². The minimum Gasteiger partial charge on any atom is -0.497 e. The Balaban J connectivity index is 2.25. The van der Waals surface area contributed by atoms with Crippen molar-refractivity contribution >= 4 is 5.97 Å². The molecule has 1 aromatic heterocycles. The van der Waals surface area contributed by atoms with Crippen molar-refractivity contribution in [3.05, 3.63) is 51.8 Å². The van der Waals surface area contributed by atoms with Gasteiger partial charge in [-0.3, -0.25) is 4.79 Å². The van der Waals surface area contributed by atoms with Gasteiger partial charge in [0.1, 0.15) is 11.3 Å². The molecule has 5 heteroatoms. The third-order valence-corrected chi connectivity index (χ3v) is 4.92. The van der Waals surface area contributed by atoms with Crippen molar-refractivity contribution in [1.29, 1.82) is 0 Å². The molecule has 3 rings (SSSR count). The van der Waals surface area contributed by atoms with Gasteiger partial charge in [0.2, 0.25) is 0 Å². The summed E-state index contributed by atoms with van der Waals surface area (Å²) in [5.74, 6) is 0.170. The smallest absolute Gasteiger partial charge is 0.343 e. The van der Waals surface area contributed by atoms with E-state index in [2.05, 4.69) is 31.4 Å². The van der Waals surface area contributed by atoms with Crippen LogP contribution in [0.2, 0.25) is 0 Å². The minimum absolute atomic E-state index is 0.0482. The maximum absolute atomic E-state index is 12.6. The summed E-state index contributed by atoms with van der Waals surface area (Å²) < 4.78 is 12.5. The molecule has 26 heavy (non-hydrogen) atoms. The van der Waals surface area contributed by atoms with Crippen molar-refractivity contribution in [2.45, 2.75) is 40.2 Å². The first-order valence-corrected chi connectivity index (χ1v) is 8.87. The highest BCUT2D eigenvalue weighted by molar-refractivity contribution is 5.89. The van der Waals surface area contributed by atoms with Crippen molar-refractivity contribution in [2.75, 3.05) is 13.7 Å². The van der Waals surface area contributed by atoms with Crippen molar-refractivity contribution in [3.8, 4) is 17.0 Å². The van der Waals surface area contributed by atoms with E-state index < -0.39 is 5.97 Å². The zero-order chi connectivity index (χ0) is 19.1. The molecule has 0 saturated heterocycles. The lowest BCUT2D eigenvalue weighted by Crippen LogP contribution is -2.33. The van der Waals surface area contributed by atoms with Gasteiger partial charge in [0.05, 0.1) is 19.4 Å². The van der Waals surface area contributed by atoms with E-state index in [0.29, 0.717) is 0 Å². The lowest BCUT2D eigenvalue weighted by atomic mass is 9.79. The van der Waals surface area contributed by atoms with E-state index >= 15 is 0 Å². The standard InChI is InChI=1S/C21H25NO4/c1-6-26-20(24)16-12-22-17(11-18(16)23)15-10-14(25-5)8-7-13(15)9-19(22)21(2,3)4/h7-8,10-12,19H,6,9H2,1-5H3. The third-order valence-electron chi connectivity index (χ3n) is 4.92. The molecule has 2 heterocycles. The first-order valence-electron chi connectivity index (χ1n) is 8.87. The fourth-order valence-electron chi connectivity index (χ4n) is 3.51. The first kappa shape index (κ1) is 18.2. The Morgan fingerprint density at radius 2 is 2.00 bits per heavy atom. The zero-order valence-electron chi connectivity index (χ0n) is 16.0. The van der Waals surface area contributed by atoms with E-state index in [1.165, 1.54) is 5.56 Å². The molecule has 1 aliphatic heterocycles. The molecule has 1 aromatic carbocycles. The van der Waals surface area contributed by atoms with Gasteiger partial charge in [-0.2, -0.15) is 0 Å². The summed E-state index contributed by atoms with van der Waals surface area (Å²) in [5.41, 5.74) is 2.66. The predicted molar refractivity (Wildman–Crippen MR) is 101 cm³/mol. The van der Waals surface area contributed by atoms with Gasteiger partial charge in [-0.05, 0) is 36.5 Å². The lowest BCUT2D eigenvalue weighted by molar-refractivity contribution is 0.0523.